The van der Waals surface area contributed by atoms with E-state index in [4.69, 9.17) is 10.5 Å². The summed E-state index contributed by atoms with van der Waals surface area (Å²) in [5.41, 5.74) is 12.1. The van der Waals surface area contributed by atoms with Gasteiger partial charge in [0.05, 0.1) is 22.7 Å². The molecule has 5 rings (SSSR count). The lowest BCUT2D eigenvalue weighted by Gasteiger charge is -2.27. The van der Waals surface area contributed by atoms with E-state index in [2.05, 4.69) is 51.9 Å². The molecule has 0 saturated carbocycles. The number of nitrogens with zero attached hydrogens (tertiary/aromatic N) is 2. The van der Waals surface area contributed by atoms with Crippen molar-refractivity contribution in [2.75, 3.05) is 43.5 Å². The van der Waals surface area contributed by atoms with Gasteiger partial charge in [-0.3, -0.25) is 4.90 Å². The average Bonchev–Trinajstić information content (AvgIpc) is 3.15. The predicted octanol–water partition coefficient (Wildman–Crippen LogP) is 3.55. The summed E-state index contributed by atoms with van der Waals surface area (Å²) in [6.07, 6.45) is 2.15. The molecule has 1 aromatic heterocycles. The van der Waals surface area contributed by atoms with E-state index in [-0.39, 0.29) is 11.5 Å². The monoisotopic (exact) mass is 453 g/mol. The van der Waals surface area contributed by atoms with Gasteiger partial charge < -0.3 is 15.0 Å². The Morgan fingerprint density at radius 2 is 1.72 bits per heavy atom. The maximum absolute atomic E-state index is 11.8. The van der Waals surface area contributed by atoms with Crippen molar-refractivity contribution in [2.24, 2.45) is 5.92 Å². The first-order chi connectivity index (χ1) is 15.5. The Morgan fingerprint density at radius 1 is 1.00 bits per heavy atom. The number of sulfone groups is 1. The molecule has 0 atom stereocenters. The van der Waals surface area contributed by atoms with Crippen LogP contribution in [0.4, 0.5) is 5.69 Å². The van der Waals surface area contributed by atoms with E-state index >= 15 is 0 Å². The van der Waals surface area contributed by atoms with Crippen LogP contribution in [0.15, 0.2) is 48.5 Å². The maximum atomic E-state index is 11.8. The standard InChI is InChI=1S/C25H31N3O3S/c26-23-15-20(17-27-8-12-32(29,30)13-9-27)14-22-16-24(21-4-2-1-3-5-21)28(25(22)23)18-19-6-10-31-11-7-19/h1-5,14-16,19H,6-13,17-18,26H2. The van der Waals surface area contributed by atoms with Crippen LogP contribution in [-0.4, -0.2) is 55.7 Å². The van der Waals surface area contributed by atoms with Gasteiger partial charge in [-0.2, -0.15) is 0 Å². The minimum Gasteiger partial charge on any atom is -0.397 e. The highest BCUT2D eigenvalue weighted by Gasteiger charge is 2.23. The number of rotatable bonds is 5. The van der Waals surface area contributed by atoms with E-state index in [9.17, 15) is 8.42 Å². The molecule has 0 radical (unpaired) electrons. The third-order valence-corrected chi connectivity index (χ3v) is 8.39. The van der Waals surface area contributed by atoms with Gasteiger partial charge in [0, 0.05) is 50.5 Å². The lowest BCUT2D eigenvalue weighted by Crippen LogP contribution is -2.39. The van der Waals surface area contributed by atoms with E-state index in [0.29, 0.717) is 19.0 Å². The molecule has 3 aromatic rings. The molecule has 3 heterocycles. The highest BCUT2D eigenvalue weighted by molar-refractivity contribution is 7.91. The molecule has 0 amide bonds. The molecule has 6 nitrogen and oxygen atoms in total. The highest BCUT2D eigenvalue weighted by Crippen LogP contribution is 2.34. The fourth-order valence-corrected chi connectivity index (χ4v) is 6.27. The van der Waals surface area contributed by atoms with Gasteiger partial charge in [-0.25, -0.2) is 8.42 Å². The molecule has 2 aliphatic heterocycles. The molecule has 32 heavy (non-hydrogen) atoms. The Kier molecular flexibility index (Phi) is 5.97. The topological polar surface area (TPSA) is 77.6 Å². The summed E-state index contributed by atoms with van der Waals surface area (Å²) in [6, 6.07) is 17.0. The Morgan fingerprint density at radius 3 is 2.44 bits per heavy atom. The number of nitrogens with two attached hydrogens (primary N) is 1. The van der Waals surface area contributed by atoms with Crippen LogP contribution >= 0.6 is 0 Å². The number of hydrogen-bond acceptors (Lipinski definition) is 5. The number of ether oxygens (including phenoxy) is 1. The summed E-state index contributed by atoms with van der Waals surface area (Å²) in [5, 5.41) is 1.15. The molecule has 2 N–H and O–H groups in total. The van der Waals surface area contributed by atoms with Gasteiger partial charge in [-0.1, -0.05) is 30.3 Å². The largest absolute Gasteiger partial charge is 0.397 e. The van der Waals surface area contributed by atoms with E-state index in [1.54, 1.807) is 0 Å². The zero-order chi connectivity index (χ0) is 22.1. The Balaban J connectivity index is 1.50. The number of benzene rings is 2. The summed E-state index contributed by atoms with van der Waals surface area (Å²) in [7, 11) is -2.88. The fraction of sp³-hybridized carbons (Fsp3) is 0.440. The third-order valence-electron chi connectivity index (χ3n) is 6.78. The summed E-state index contributed by atoms with van der Waals surface area (Å²) in [4.78, 5) is 2.21. The zero-order valence-electron chi connectivity index (χ0n) is 18.4. The number of hydrogen-bond donors (Lipinski definition) is 1. The molecule has 2 aliphatic rings. The third kappa shape index (κ3) is 4.56. The quantitative estimate of drug-likeness (QED) is 0.598. The zero-order valence-corrected chi connectivity index (χ0v) is 19.2. The minimum atomic E-state index is -2.88. The first-order valence-corrected chi connectivity index (χ1v) is 13.3. The van der Waals surface area contributed by atoms with Gasteiger partial charge in [-0.05, 0) is 48.1 Å². The van der Waals surface area contributed by atoms with Crippen molar-refractivity contribution < 1.29 is 13.2 Å². The smallest absolute Gasteiger partial charge is 0.152 e. The van der Waals surface area contributed by atoms with E-state index in [1.165, 1.54) is 11.3 Å². The predicted molar refractivity (Wildman–Crippen MR) is 129 cm³/mol. The van der Waals surface area contributed by atoms with Crippen molar-refractivity contribution in [2.45, 2.75) is 25.9 Å². The van der Waals surface area contributed by atoms with Gasteiger partial charge in [0.15, 0.2) is 9.84 Å². The van der Waals surface area contributed by atoms with E-state index < -0.39 is 9.84 Å². The van der Waals surface area contributed by atoms with Gasteiger partial charge >= 0.3 is 0 Å². The van der Waals surface area contributed by atoms with Gasteiger partial charge in [-0.15, -0.1) is 0 Å². The lowest BCUT2D eigenvalue weighted by atomic mass is 10.00. The van der Waals surface area contributed by atoms with Crippen molar-refractivity contribution in [3.8, 4) is 11.3 Å². The normalized spacial score (nSPS) is 20.0. The van der Waals surface area contributed by atoms with Crippen LogP contribution in [0.3, 0.4) is 0 Å². The fourth-order valence-electron chi connectivity index (χ4n) is 4.99. The van der Waals surface area contributed by atoms with Crippen molar-refractivity contribution >= 4 is 26.4 Å². The van der Waals surface area contributed by atoms with Crippen LogP contribution in [0.5, 0.6) is 0 Å². The van der Waals surface area contributed by atoms with E-state index in [1.807, 2.05) is 6.07 Å². The average molecular weight is 454 g/mol. The van der Waals surface area contributed by atoms with Crippen LogP contribution in [0.1, 0.15) is 18.4 Å². The summed E-state index contributed by atoms with van der Waals surface area (Å²) < 4.78 is 31.5. The molecule has 0 aliphatic carbocycles. The molecule has 7 heteroatoms. The molecule has 0 spiro atoms. The van der Waals surface area contributed by atoms with Crippen LogP contribution in [-0.2, 0) is 27.7 Å². The molecule has 0 bridgehead atoms. The maximum Gasteiger partial charge on any atom is 0.152 e. The van der Waals surface area contributed by atoms with Crippen LogP contribution in [0, 0.1) is 5.92 Å². The molecule has 2 saturated heterocycles. The number of anilines is 1. The Bertz CT molecular complexity index is 1180. The summed E-state index contributed by atoms with van der Waals surface area (Å²) >= 11 is 0. The Hall–Kier alpha value is -2.35. The number of fused-ring (bicyclic) bond motifs is 1. The highest BCUT2D eigenvalue weighted by atomic mass is 32.2. The Labute approximate surface area is 189 Å². The number of aromatic nitrogens is 1. The summed E-state index contributed by atoms with van der Waals surface area (Å²) in [5.74, 6) is 1.06. The second-order valence-electron chi connectivity index (χ2n) is 9.11. The van der Waals surface area contributed by atoms with Gasteiger partial charge in [0.2, 0.25) is 0 Å². The summed E-state index contributed by atoms with van der Waals surface area (Å²) in [6.45, 7) is 4.48. The van der Waals surface area contributed by atoms with Crippen molar-refractivity contribution in [1.82, 2.24) is 9.47 Å². The first kappa shape index (κ1) is 21.5. The van der Waals surface area contributed by atoms with Gasteiger partial charge in [0.1, 0.15) is 0 Å². The second kappa shape index (κ2) is 8.89. The van der Waals surface area contributed by atoms with E-state index in [0.717, 1.165) is 61.3 Å². The van der Waals surface area contributed by atoms with Crippen LogP contribution in [0.2, 0.25) is 0 Å². The molecule has 170 valence electrons. The molecular weight excluding hydrogens is 422 g/mol. The lowest BCUT2D eigenvalue weighted by molar-refractivity contribution is 0.0618. The van der Waals surface area contributed by atoms with Crippen molar-refractivity contribution in [1.29, 1.82) is 0 Å². The molecule has 2 fully saturated rings. The number of nitrogen functional groups attached to an aromatic ring is 1. The van der Waals surface area contributed by atoms with Crippen LogP contribution < -0.4 is 5.73 Å². The SMILES string of the molecule is Nc1cc(CN2CCS(=O)(=O)CC2)cc2cc(-c3ccccc3)n(CC3CCOCC3)c12. The molecule has 2 aromatic carbocycles. The van der Waals surface area contributed by atoms with Gasteiger partial charge in [0.25, 0.3) is 0 Å². The van der Waals surface area contributed by atoms with Crippen molar-refractivity contribution in [3.63, 3.8) is 0 Å². The molecular formula is C25H31N3O3S. The first-order valence-electron chi connectivity index (χ1n) is 11.5. The minimum absolute atomic E-state index is 0.240. The molecule has 0 unspecified atom stereocenters. The van der Waals surface area contributed by atoms with Crippen LogP contribution in [0.25, 0.3) is 22.2 Å². The second-order valence-corrected chi connectivity index (χ2v) is 11.4. The van der Waals surface area contributed by atoms with Crippen molar-refractivity contribution in [3.05, 3.63) is 54.1 Å².